The minimum atomic E-state index is 0.102. The first kappa shape index (κ1) is 31.3. The van der Waals surface area contributed by atoms with Crippen LogP contribution in [0.15, 0.2) is 194 Å². The van der Waals surface area contributed by atoms with Crippen molar-refractivity contribution in [2.45, 2.75) is 0 Å². The summed E-state index contributed by atoms with van der Waals surface area (Å²) in [5, 5.41) is 5.17. The van der Waals surface area contributed by atoms with Crippen LogP contribution in [0.4, 0.5) is 34.1 Å². The second-order valence-corrected chi connectivity index (χ2v) is 16.8. The van der Waals surface area contributed by atoms with E-state index in [1.54, 1.807) is 0 Å². The van der Waals surface area contributed by atoms with Crippen molar-refractivity contribution in [3.05, 3.63) is 194 Å². The van der Waals surface area contributed by atoms with Crippen LogP contribution in [0.3, 0.4) is 0 Å². The molecular formula is C54H32B2N4. The van der Waals surface area contributed by atoms with Gasteiger partial charge in [-0.25, -0.2) is 0 Å². The Hall–Kier alpha value is -7.69. The fraction of sp³-hybridized carbons (Fsp3) is 0. The molecule has 0 fully saturated rings. The molecule has 0 radical (unpaired) electrons. The third-order valence-corrected chi connectivity index (χ3v) is 14.0. The third kappa shape index (κ3) is 3.64. The molecule has 0 amide bonds. The molecule has 0 atom stereocenters. The Bertz CT molecular complexity index is 3460. The number of hydrogen-bond donors (Lipinski definition) is 0. The average molecular weight is 759 g/mol. The number of aromatic nitrogens is 2. The van der Waals surface area contributed by atoms with Gasteiger partial charge in [0.2, 0.25) is 0 Å². The molecule has 0 spiro atoms. The first-order chi connectivity index (χ1) is 29.8. The molecule has 0 aliphatic carbocycles. The van der Waals surface area contributed by atoms with Gasteiger partial charge in [-0.1, -0.05) is 133 Å². The van der Waals surface area contributed by atoms with Gasteiger partial charge in [0.25, 0.3) is 13.4 Å². The highest BCUT2D eigenvalue weighted by atomic mass is 15.2. The Kier molecular flexibility index (Phi) is 5.78. The summed E-state index contributed by atoms with van der Waals surface area (Å²) >= 11 is 0. The molecular weight excluding hydrogens is 726 g/mol. The summed E-state index contributed by atoms with van der Waals surface area (Å²) in [6.07, 6.45) is 0. The quantitative estimate of drug-likeness (QED) is 0.164. The number of hydrogen-bond acceptors (Lipinski definition) is 2. The summed E-state index contributed by atoms with van der Waals surface area (Å²) in [7, 11) is 0. The van der Waals surface area contributed by atoms with Crippen LogP contribution in [0, 0.1) is 0 Å². The molecule has 6 heteroatoms. The highest BCUT2D eigenvalue weighted by Gasteiger charge is 2.44. The molecule has 0 unspecified atom stereocenters. The maximum Gasteiger partial charge on any atom is 0.252 e. The van der Waals surface area contributed by atoms with Crippen LogP contribution in [0.5, 0.6) is 0 Å². The lowest BCUT2D eigenvalue weighted by Crippen LogP contribution is -2.60. The molecule has 0 N–H and O–H groups in total. The smallest absolute Gasteiger partial charge is 0.252 e. The molecule has 60 heavy (non-hydrogen) atoms. The number of anilines is 6. The SMILES string of the molecule is c1ccc(N2c3ccccc3B3c4c2cccc4-n2c4c3cccc4c3ccc4c5cccc6c5n(c4c32)-c2cccc3c2B6c2ccccc2N3c2ccccc2)cc1. The van der Waals surface area contributed by atoms with E-state index in [9.17, 15) is 0 Å². The molecule has 6 heterocycles. The summed E-state index contributed by atoms with van der Waals surface area (Å²) < 4.78 is 5.29. The van der Waals surface area contributed by atoms with Gasteiger partial charge >= 0.3 is 0 Å². The minimum absolute atomic E-state index is 0.102. The van der Waals surface area contributed by atoms with Crippen molar-refractivity contribution in [1.82, 2.24) is 9.13 Å². The fourth-order valence-electron chi connectivity index (χ4n) is 11.9. The summed E-state index contributed by atoms with van der Waals surface area (Å²) in [5.74, 6) is 0. The van der Waals surface area contributed by atoms with Crippen LogP contribution < -0.4 is 42.6 Å². The number of rotatable bonds is 2. The Labute approximate surface area is 346 Å². The zero-order valence-corrected chi connectivity index (χ0v) is 32.4. The van der Waals surface area contributed by atoms with Gasteiger partial charge in [-0.05, 0) is 93.4 Å². The lowest BCUT2D eigenvalue weighted by Gasteiger charge is -2.40. The van der Waals surface area contributed by atoms with Crippen molar-refractivity contribution in [2.75, 3.05) is 9.80 Å². The number of fused-ring (bicyclic) bond motifs is 15. The first-order valence-electron chi connectivity index (χ1n) is 21.0. The van der Waals surface area contributed by atoms with Gasteiger partial charge in [-0.3, -0.25) is 0 Å². The van der Waals surface area contributed by atoms with Crippen molar-refractivity contribution in [1.29, 1.82) is 0 Å². The number of benzene rings is 9. The Morgan fingerprint density at radius 1 is 0.250 bits per heavy atom. The van der Waals surface area contributed by atoms with E-state index >= 15 is 0 Å². The third-order valence-electron chi connectivity index (χ3n) is 14.0. The van der Waals surface area contributed by atoms with Gasteiger partial charge in [-0.15, -0.1) is 0 Å². The van der Waals surface area contributed by atoms with Gasteiger partial charge in [0.15, 0.2) is 0 Å². The summed E-state index contributed by atoms with van der Waals surface area (Å²) in [4.78, 5) is 4.96. The van der Waals surface area contributed by atoms with Crippen LogP contribution in [0.2, 0.25) is 0 Å². The van der Waals surface area contributed by atoms with Gasteiger partial charge in [0.1, 0.15) is 0 Å². The molecule has 0 saturated heterocycles. The zero-order valence-electron chi connectivity index (χ0n) is 32.4. The lowest BCUT2D eigenvalue weighted by atomic mass is 9.34. The Balaban J connectivity index is 1.11. The van der Waals surface area contributed by atoms with E-state index in [0.29, 0.717) is 0 Å². The standard InChI is InChI=1S/C54H32B2N4/c1-3-15-33(16-4-1)57-43-25-9-7-21-39(43)55-41-23-11-19-35-37-31-32-38-36-20-12-24-42-52(36)60(54(38)53(37)59(51(35)41)47-29-13-27-45(57)49(47)55)48-30-14-28-46-50(48)56(42)40-22-8-10-26-44(40)58(46)34-17-5-2-6-18-34/h1-32H. The van der Waals surface area contributed by atoms with Crippen LogP contribution in [0.25, 0.3) is 55.0 Å². The van der Waals surface area contributed by atoms with E-state index < -0.39 is 0 Å². The largest absolute Gasteiger partial charge is 0.311 e. The predicted molar refractivity (Wildman–Crippen MR) is 254 cm³/mol. The van der Waals surface area contributed by atoms with Gasteiger partial charge in [0, 0.05) is 78.1 Å². The van der Waals surface area contributed by atoms with Crippen LogP contribution in [-0.2, 0) is 0 Å². The van der Waals surface area contributed by atoms with Crippen LogP contribution >= 0.6 is 0 Å². The monoisotopic (exact) mass is 758 g/mol. The van der Waals surface area contributed by atoms with Crippen LogP contribution in [0.1, 0.15) is 0 Å². The van der Waals surface area contributed by atoms with E-state index in [-0.39, 0.29) is 13.4 Å². The van der Waals surface area contributed by atoms with Crippen molar-refractivity contribution in [2.24, 2.45) is 0 Å². The molecule has 274 valence electrons. The van der Waals surface area contributed by atoms with E-state index in [0.717, 1.165) is 0 Å². The number of nitrogens with zero attached hydrogens (tertiary/aromatic N) is 4. The molecule has 9 aromatic carbocycles. The Morgan fingerprint density at radius 3 is 1.07 bits per heavy atom. The van der Waals surface area contributed by atoms with Gasteiger partial charge < -0.3 is 18.9 Å². The topological polar surface area (TPSA) is 16.3 Å². The fourth-order valence-corrected chi connectivity index (χ4v) is 11.9. The van der Waals surface area contributed by atoms with Gasteiger partial charge in [0.05, 0.1) is 11.0 Å². The van der Waals surface area contributed by atoms with Crippen LogP contribution in [-0.4, -0.2) is 22.6 Å². The van der Waals surface area contributed by atoms with Crippen molar-refractivity contribution in [3.8, 4) is 11.4 Å². The lowest BCUT2D eigenvalue weighted by molar-refractivity contribution is 1.15. The van der Waals surface area contributed by atoms with Crippen molar-refractivity contribution < 1.29 is 0 Å². The molecule has 4 nitrogen and oxygen atoms in total. The molecule has 4 aliphatic rings. The molecule has 2 aromatic heterocycles. The average Bonchev–Trinajstić information content (AvgIpc) is 3.84. The highest BCUT2D eigenvalue weighted by Crippen LogP contribution is 2.46. The summed E-state index contributed by atoms with van der Waals surface area (Å²) in [6.45, 7) is 0.205. The van der Waals surface area contributed by atoms with Crippen molar-refractivity contribution in [3.63, 3.8) is 0 Å². The van der Waals surface area contributed by atoms with Crippen molar-refractivity contribution >= 4 is 124 Å². The van der Waals surface area contributed by atoms with E-state index in [2.05, 4.69) is 213 Å². The summed E-state index contributed by atoms with van der Waals surface area (Å²) in [5.41, 5.74) is 23.1. The van der Waals surface area contributed by atoms with E-state index in [1.807, 2.05) is 0 Å². The van der Waals surface area contributed by atoms with Gasteiger partial charge in [-0.2, -0.15) is 0 Å². The maximum absolute atomic E-state index is 2.64. The molecule has 15 rings (SSSR count). The highest BCUT2D eigenvalue weighted by molar-refractivity contribution is 7.01. The Morgan fingerprint density at radius 2 is 0.600 bits per heavy atom. The molecule has 0 bridgehead atoms. The second kappa shape index (κ2) is 11.1. The second-order valence-electron chi connectivity index (χ2n) is 16.8. The van der Waals surface area contributed by atoms with E-state index in [4.69, 9.17) is 0 Å². The first-order valence-corrected chi connectivity index (χ1v) is 21.0. The summed E-state index contributed by atoms with van der Waals surface area (Å²) in [6, 6.07) is 72.6. The molecule has 0 saturated carbocycles. The normalized spacial score (nSPS) is 13.9. The number of para-hydroxylation sites is 6. The zero-order chi connectivity index (χ0) is 38.8. The molecule has 11 aromatic rings. The predicted octanol–water partition coefficient (Wildman–Crippen LogP) is 9.11. The minimum Gasteiger partial charge on any atom is -0.311 e. The van der Waals surface area contributed by atoms with E-state index in [1.165, 1.54) is 122 Å². The maximum atomic E-state index is 2.64. The molecule has 4 aliphatic heterocycles.